The average molecular weight is 473 g/mol. The molecule has 0 aliphatic carbocycles. The van der Waals surface area contributed by atoms with Gasteiger partial charge in [0.2, 0.25) is 11.8 Å². The van der Waals surface area contributed by atoms with Crippen LogP contribution < -0.4 is 16.0 Å². The van der Waals surface area contributed by atoms with Gasteiger partial charge in [0.05, 0.1) is 6.04 Å². The number of anilines is 1. The minimum absolute atomic E-state index is 0.136. The van der Waals surface area contributed by atoms with Gasteiger partial charge in [0.1, 0.15) is 29.4 Å². The average Bonchev–Trinajstić information content (AvgIpc) is 3.23. The quantitative estimate of drug-likeness (QED) is 0.551. The fourth-order valence-corrected chi connectivity index (χ4v) is 3.96. The van der Waals surface area contributed by atoms with Crippen molar-refractivity contribution in [1.82, 2.24) is 15.5 Å². The number of para-hydroxylation sites is 1. The fourth-order valence-electron chi connectivity index (χ4n) is 3.96. The van der Waals surface area contributed by atoms with E-state index in [9.17, 15) is 23.2 Å². The third kappa shape index (κ3) is 5.09. The summed E-state index contributed by atoms with van der Waals surface area (Å²) in [6.45, 7) is 5.57. The Labute approximate surface area is 197 Å². The molecule has 7 nitrogen and oxygen atoms in total. The first-order valence-corrected chi connectivity index (χ1v) is 11.3. The van der Waals surface area contributed by atoms with Crippen molar-refractivity contribution in [3.8, 4) is 0 Å². The van der Waals surface area contributed by atoms with E-state index in [-0.39, 0.29) is 18.4 Å². The topological polar surface area (TPSA) is 90.5 Å². The monoisotopic (exact) mass is 472 g/mol. The number of carbonyl (C=O) groups excluding carboxylic acids is 3. The lowest BCUT2D eigenvalue weighted by Gasteiger charge is -2.32. The molecule has 0 spiro atoms. The molecule has 0 saturated carbocycles. The predicted molar refractivity (Wildman–Crippen MR) is 125 cm³/mol. The summed E-state index contributed by atoms with van der Waals surface area (Å²) in [5.41, 5.74) is 0.754. The maximum atomic E-state index is 14.2. The molecule has 3 rings (SSSR count). The third-order valence-electron chi connectivity index (χ3n) is 6.35. The molecule has 0 radical (unpaired) electrons. The van der Waals surface area contributed by atoms with E-state index in [1.165, 1.54) is 11.0 Å². The lowest BCUT2D eigenvalue weighted by molar-refractivity contribution is -0.143. The number of nitrogens with zero attached hydrogens (tertiary/aromatic N) is 1. The Morgan fingerprint density at radius 3 is 2.32 bits per heavy atom. The number of carbonyl (C=O) groups is 3. The number of likely N-dealkylation sites (N-methyl/N-ethyl adjacent to an activating group) is 1. The number of amides is 3. The predicted octanol–water partition coefficient (Wildman–Crippen LogP) is 3.13. The molecule has 0 aromatic heterocycles. The van der Waals surface area contributed by atoms with E-state index in [1.807, 2.05) is 13.8 Å². The van der Waals surface area contributed by atoms with Gasteiger partial charge < -0.3 is 20.9 Å². The lowest BCUT2D eigenvalue weighted by Crippen LogP contribution is -2.55. The second kappa shape index (κ2) is 10.7. The number of rotatable bonds is 8. The largest absolute Gasteiger partial charge is 0.343 e. The minimum Gasteiger partial charge on any atom is -0.343 e. The van der Waals surface area contributed by atoms with Crippen LogP contribution in [0.15, 0.2) is 42.5 Å². The van der Waals surface area contributed by atoms with Crippen molar-refractivity contribution in [1.29, 1.82) is 0 Å². The molecule has 3 amide bonds. The lowest BCUT2D eigenvalue weighted by atomic mass is 9.96. The van der Waals surface area contributed by atoms with Crippen molar-refractivity contribution in [2.45, 2.75) is 51.9 Å². The van der Waals surface area contributed by atoms with E-state index in [4.69, 9.17) is 0 Å². The van der Waals surface area contributed by atoms with E-state index in [0.717, 1.165) is 17.7 Å². The highest BCUT2D eigenvalue weighted by molar-refractivity contribution is 6.00. The fraction of sp³-hybridized carbons (Fsp3) is 0.400. The first-order chi connectivity index (χ1) is 16.2. The Bertz CT molecular complexity index is 1060. The van der Waals surface area contributed by atoms with Crippen LogP contribution >= 0.6 is 0 Å². The van der Waals surface area contributed by atoms with Gasteiger partial charge in [-0.1, -0.05) is 50.6 Å². The molecule has 0 saturated heterocycles. The van der Waals surface area contributed by atoms with Gasteiger partial charge in [-0.15, -0.1) is 0 Å². The standard InChI is InChI=1S/C25H30F2N4O3/c1-5-14(2)20(29-23(32)15(3)28-4)25(34)31-13-16-9-6-7-10-17(16)22(31)24(33)30-21-18(26)11-8-12-19(21)27/h6-12,14-15,20,22,28H,5,13H2,1-4H3,(H,29,32)(H,30,33)/t14-,15?,20-,22-/m0/s1. The molecule has 3 N–H and O–H groups in total. The summed E-state index contributed by atoms with van der Waals surface area (Å²) < 4.78 is 28.4. The Balaban J connectivity index is 1.95. The molecule has 182 valence electrons. The molecule has 0 bridgehead atoms. The van der Waals surface area contributed by atoms with E-state index in [1.54, 1.807) is 38.2 Å². The van der Waals surface area contributed by atoms with Gasteiger partial charge in [-0.25, -0.2) is 8.78 Å². The Hall–Kier alpha value is -3.33. The molecule has 1 heterocycles. The van der Waals surface area contributed by atoms with Crippen molar-refractivity contribution in [3.05, 3.63) is 65.2 Å². The van der Waals surface area contributed by atoms with Gasteiger partial charge in [-0.3, -0.25) is 14.4 Å². The number of hydrogen-bond acceptors (Lipinski definition) is 4. The van der Waals surface area contributed by atoms with Crippen LogP contribution in [0.5, 0.6) is 0 Å². The Kier molecular flexibility index (Phi) is 7.98. The molecule has 1 aliphatic heterocycles. The van der Waals surface area contributed by atoms with Crippen molar-refractivity contribution in [3.63, 3.8) is 0 Å². The maximum Gasteiger partial charge on any atom is 0.252 e. The van der Waals surface area contributed by atoms with Crippen molar-refractivity contribution in [2.75, 3.05) is 12.4 Å². The van der Waals surface area contributed by atoms with E-state index >= 15 is 0 Å². The zero-order valence-corrected chi connectivity index (χ0v) is 19.7. The number of fused-ring (bicyclic) bond motifs is 1. The van der Waals surface area contributed by atoms with Gasteiger partial charge in [-0.05, 0) is 43.1 Å². The van der Waals surface area contributed by atoms with Crippen LogP contribution in [0.3, 0.4) is 0 Å². The molecule has 4 atom stereocenters. The minimum atomic E-state index is -1.10. The van der Waals surface area contributed by atoms with Crippen LogP contribution in [0.2, 0.25) is 0 Å². The highest BCUT2D eigenvalue weighted by atomic mass is 19.1. The summed E-state index contributed by atoms with van der Waals surface area (Å²) in [7, 11) is 1.64. The number of hydrogen-bond donors (Lipinski definition) is 3. The summed E-state index contributed by atoms with van der Waals surface area (Å²) in [4.78, 5) is 41.0. The van der Waals surface area contributed by atoms with Gasteiger partial charge in [0, 0.05) is 6.54 Å². The third-order valence-corrected chi connectivity index (χ3v) is 6.35. The summed E-state index contributed by atoms with van der Waals surface area (Å²) in [5, 5.41) is 7.96. The number of benzene rings is 2. The number of nitrogens with one attached hydrogen (secondary N) is 3. The van der Waals surface area contributed by atoms with E-state index < -0.39 is 47.3 Å². The van der Waals surface area contributed by atoms with Crippen LogP contribution in [-0.2, 0) is 20.9 Å². The van der Waals surface area contributed by atoms with Crippen LogP contribution in [0.25, 0.3) is 0 Å². The Morgan fingerprint density at radius 1 is 1.06 bits per heavy atom. The van der Waals surface area contributed by atoms with Crippen LogP contribution in [0, 0.1) is 17.6 Å². The van der Waals surface area contributed by atoms with Crippen LogP contribution in [0.1, 0.15) is 44.4 Å². The van der Waals surface area contributed by atoms with Crippen molar-refractivity contribution in [2.24, 2.45) is 5.92 Å². The molecular weight excluding hydrogens is 442 g/mol. The molecule has 9 heteroatoms. The van der Waals surface area contributed by atoms with Crippen LogP contribution in [-0.4, -0.2) is 41.8 Å². The summed E-state index contributed by atoms with van der Waals surface area (Å²) in [6, 6.07) is 7.83. The highest BCUT2D eigenvalue weighted by Crippen LogP contribution is 2.36. The maximum absolute atomic E-state index is 14.2. The van der Waals surface area contributed by atoms with E-state index in [0.29, 0.717) is 12.0 Å². The normalized spacial score (nSPS) is 17.5. The number of halogens is 2. The Morgan fingerprint density at radius 2 is 1.71 bits per heavy atom. The van der Waals surface area contributed by atoms with Crippen molar-refractivity contribution < 1.29 is 23.2 Å². The molecular formula is C25H30F2N4O3. The second-order valence-electron chi connectivity index (χ2n) is 8.54. The molecule has 0 fully saturated rings. The second-order valence-corrected chi connectivity index (χ2v) is 8.54. The van der Waals surface area contributed by atoms with Gasteiger partial charge in [0.25, 0.3) is 5.91 Å². The van der Waals surface area contributed by atoms with Crippen molar-refractivity contribution >= 4 is 23.4 Å². The van der Waals surface area contributed by atoms with Crippen LogP contribution in [0.4, 0.5) is 14.5 Å². The summed E-state index contributed by atoms with van der Waals surface area (Å²) in [6.07, 6.45) is 0.614. The smallest absolute Gasteiger partial charge is 0.252 e. The highest BCUT2D eigenvalue weighted by Gasteiger charge is 2.42. The molecule has 34 heavy (non-hydrogen) atoms. The zero-order chi connectivity index (χ0) is 25.0. The van der Waals surface area contributed by atoms with Gasteiger partial charge in [-0.2, -0.15) is 0 Å². The summed E-state index contributed by atoms with van der Waals surface area (Å²) >= 11 is 0. The van der Waals surface area contributed by atoms with Gasteiger partial charge >= 0.3 is 0 Å². The molecule has 2 aromatic rings. The summed E-state index contributed by atoms with van der Waals surface area (Å²) in [5.74, 6) is -3.55. The molecule has 2 aromatic carbocycles. The first kappa shape index (κ1) is 25.3. The molecule has 1 unspecified atom stereocenters. The van der Waals surface area contributed by atoms with E-state index in [2.05, 4.69) is 16.0 Å². The zero-order valence-electron chi connectivity index (χ0n) is 19.7. The van der Waals surface area contributed by atoms with Gasteiger partial charge in [0.15, 0.2) is 0 Å². The SMILES string of the molecule is CC[C@H](C)[C@H](NC(=O)C(C)NC)C(=O)N1Cc2ccccc2[C@H]1C(=O)Nc1c(F)cccc1F. The first-order valence-electron chi connectivity index (χ1n) is 11.3. The molecule has 1 aliphatic rings.